The van der Waals surface area contributed by atoms with Gasteiger partial charge in [0.2, 0.25) is 0 Å². The fraction of sp³-hybridized carbons (Fsp3) is 0.200. The maximum atomic E-state index is 11.5. The zero-order valence-corrected chi connectivity index (χ0v) is 15.2. The minimum Gasteiger partial charge on any atom is -0.870 e. The van der Waals surface area contributed by atoms with E-state index in [2.05, 4.69) is 0 Å². The third kappa shape index (κ3) is 5.08. The van der Waals surface area contributed by atoms with Crippen LogP contribution < -0.4 is 4.48 Å². The first-order chi connectivity index (χ1) is 10.9. The number of para-hydroxylation sites is 1. The third-order valence-electron chi connectivity index (χ3n) is 3.60. The summed E-state index contributed by atoms with van der Waals surface area (Å²) < 4.78 is 64.3. The Bertz CT molecular complexity index is 953. The minimum absolute atomic E-state index is 0. The highest BCUT2D eigenvalue weighted by molar-refractivity contribution is 7.89. The Kier molecular flexibility index (Phi) is 6.11. The number of quaternary nitrogens is 1. The molecule has 2 aromatic rings. The molecule has 0 aliphatic rings. The highest BCUT2D eigenvalue weighted by atomic mass is 32.2. The van der Waals surface area contributed by atoms with Gasteiger partial charge in [0, 0.05) is 5.56 Å². The largest absolute Gasteiger partial charge is 0.870 e. The zero-order valence-electron chi connectivity index (χ0n) is 13.6. The van der Waals surface area contributed by atoms with Crippen molar-refractivity contribution in [1.82, 2.24) is 4.48 Å². The molecule has 0 spiro atoms. The van der Waals surface area contributed by atoms with E-state index in [1.807, 2.05) is 44.4 Å². The maximum absolute atomic E-state index is 11.5. The second-order valence-corrected chi connectivity index (χ2v) is 8.69. The van der Waals surface area contributed by atoms with Crippen LogP contribution in [0.5, 0.6) is 0 Å². The molecule has 0 heterocycles. The van der Waals surface area contributed by atoms with E-state index in [4.69, 9.17) is 4.55 Å². The minimum atomic E-state index is -4.81. The molecule has 0 radical (unpaired) electrons. The van der Waals surface area contributed by atoms with Crippen molar-refractivity contribution in [2.45, 2.75) is 16.3 Å². The molecule has 0 fully saturated rings. The molecule has 3 N–H and O–H groups in total. The SMILES string of the molecule is C[N+](C)(Cc1ccc(S(=O)(=O)O)c(S(=O)(=O)O)c1)c1ccccc1.[OH-]. The molecule has 0 bridgehead atoms. The lowest BCUT2D eigenvalue weighted by Gasteiger charge is -2.29. The molecule has 25 heavy (non-hydrogen) atoms. The quantitative estimate of drug-likeness (QED) is 0.587. The van der Waals surface area contributed by atoms with Gasteiger partial charge in [0.05, 0.1) is 14.1 Å². The molecule has 0 saturated carbocycles. The molecule has 0 aliphatic carbocycles. The van der Waals surface area contributed by atoms with E-state index in [-0.39, 0.29) is 5.48 Å². The topological polar surface area (TPSA) is 139 Å². The average molecular weight is 389 g/mol. The van der Waals surface area contributed by atoms with Gasteiger partial charge in [-0.25, -0.2) is 0 Å². The fourth-order valence-electron chi connectivity index (χ4n) is 2.44. The molecule has 0 amide bonds. The monoisotopic (exact) mass is 389 g/mol. The highest BCUT2D eigenvalue weighted by Crippen LogP contribution is 2.26. The van der Waals surface area contributed by atoms with Gasteiger partial charge in [0.25, 0.3) is 20.2 Å². The van der Waals surface area contributed by atoms with Crippen LogP contribution in [0.2, 0.25) is 0 Å². The van der Waals surface area contributed by atoms with Crippen molar-refractivity contribution in [2.75, 3.05) is 14.1 Å². The Hall–Kier alpha value is -1.82. The summed E-state index contributed by atoms with van der Waals surface area (Å²) in [4.78, 5) is -1.69. The van der Waals surface area contributed by atoms with Crippen molar-refractivity contribution >= 4 is 25.9 Å². The van der Waals surface area contributed by atoms with Crippen LogP contribution in [-0.4, -0.2) is 45.5 Å². The van der Waals surface area contributed by atoms with Crippen molar-refractivity contribution in [3.8, 4) is 0 Å². The first-order valence-corrected chi connectivity index (χ1v) is 9.76. The van der Waals surface area contributed by atoms with Gasteiger partial charge in [-0.3, -0.25) is 13.6 Å². The summed E-state index contributed by atoms with van der Waals surface area (Å²) in [5.41, 5.74) is 1.45. The van der Waals surface area contributed by atoms with Crippen LogP contribution in [0, 0.1) is 0 Å². The summed E-state index contributed by atoms with van der Waals surface area (Å²) in [6.07, 6.45) is 0. The van der Waals surface area contributed by atoms with E-state index < -0.39 is 30.0 Å². The summed E-state index contributed by atoms with van der Waals surface area (Å²) >= 11 is 0. The smallest absolute Gasteiger partial charge is 0.295 e. The third-order valence-corrected chi connectivity index (χ3v) is 5.53. The summed E-state index contributed by atoms with van der Waals surface area (Å²) in [6.45, 7) is 0.346. The Balaban J connectivity index is 0.00000312. The predicted octanol–water partition coefficient (Wildman–Crippen LogP) is 1.77. The Labute approximate surface area is 146 Å². The van der Waals surface area contributed by atoms with Gasteiger partial charge < -0.3 is 5.48 Å². The second kappa shape index (κ2) is 7.20. The van der Waals surface area contributed by atoms with E-state index in [9.17, 15) is 21.4 Å². The van der Waals surface area contributed by atoms with Gasteiger partial charge >= 0.3 is 0 Å². The molecule has 10 heteroatoms. The predicted molar refractivity (Wildman–Crippen MR) is 91.8 cm³/mol. The second-order valence-electron chi connectivity index (χ2n) is 5.91. The number of hydrogen-bond donors (Lipinski definition) is 2. The average Bonchev–Trinajstić information content (AvgIpc) is 2.45. The van der Waals surface area contributed by atoms with Crippen molar-refractivity contribution < 1.29 is 31.4 Å². The van der Waals surface area contributed by atoms with Gasteiger partial charge in [-0.1, -0.05) is 24.3 Å². The van der Waals surface area contributed by atoms with Crippen molar-refractivity contribution in [1.29, 1.82) is 0 Å². The summed E-state index contributed by atoms with van der Waals surface area (Å²) in [7, 11) is -5.78. The molecule has 138 valence electrons. The Morgan fingerprint density at radius 2 is 1.36 bits per heavy atom. The van der Waals surface area contributed by atoms with Crippen molar-refractivity contribution in [3.05, 3.63) is 54.1 Å². The molecule has 0 atom stereocenters. The molecule has 2 rings (SSSR count). The zero-order chi connectivity index (χ0) is 18.2. The lowest BCUT2D eigenvalue weighted by molar-refractivity contribution is 0.391. The van der Waals surface area contributed by atoms with Gasteiger partial charge in [-0.2, -0.15) is 16.8 Å². The highest BCUT2D eigenvalue weighted by Gasteiger charge is 2.26. The lowest BCUT2D eigenvalue weighted by Crippen LogP contribution is -2.39. The van der Waals surface area contributed by atoms with Gasteiger partial charge in [-0.05, 0) is 24.3 Å². The van der Waals surface area contributed by atoms with E-state index >= 15 is 0 Å². The number of hydrogen-bond acceptors (Lipinski definition) is 5. The van der Waals surface area contributed by atoms with E-state index in [0.29, 0.717) is 16.6 Å². The molecule has 2 aromatic carbocycles. The van der Waals surface area contributed by atoms with Crippen LogP contribution in [0.25, 0.3) is 0 Å². The normalized spacial score (nSPS) is 12.5. The molecule has 0 aliphatic heterocycles. The van der Waals surface area contributed by atoms with E-state index in [0.717, 1.165) is 17.8 Å². The van der Waals surface area contributed by atoms with Crippen molar-refractivity contribution in [3.63, 3.8) is 0 Å². The van der Waals surface area contributed by atoms with Gasteiger partial charge in [-0.15, -0.1) is 0 Å². The van der Waals surface area contributed by atoms with Gasteiger partial charge in [0.1, 0.15) is 22.0 Å². The number of nitrogens with zero attached hydrogens (tertiary/aromatic N) is 1. The number of rotatable bonds is 5. The molecule has 8 nitrogen and oxygen atoms in total. The van der Waals surface area contributed by atoms with E-state index in [1.54, 1.807) is 0 Å². The van der Waals surface area contributed by atoms with Gasteiger partial charge in [0.15, 0.2) is 0 Å². The Morgan fingerprint density at radius 1 is 0.840 bits per heavy atom. The van der Waals surface area contributed by atoms with Crippen LogP contribution >= 0.6 is 0 Å². The first kappa shape index (κ1) is 21.2. The molecular weight excluding hydrogens is 370 g/mol. The van der Waals surface area contributed by atoms with Crippen LogP contribution in [0.15, 0.2) is 58.3 Å². The van der Waals surface area contributed by atoms with Crippen LogP contribution in [0.4, 0.5) is 5.69 Å². The van der Waals surface area contributed by atoms with Crippen molar-refractivity contribution in [2.24, 2.45) is 0 Å². The Morgan fingerprint density at radius 3 is 1.84 bits per heavy atom. The van der Waals surface area contributed by atoms with Crippen LogP contribution in [0.1, 0.15) is 5.56 Å². The first-order valence-electron chi connectivity index (χ1n) is 6.88. The molecule has 0 aromatic heterocycles. The summed E-state index contributed by atoms with van der Waals surface area (Å²) in [6, 6.07) is 12.9. The summed E-state index contributed by atoms with van der Waals surface area (Å²) in [5, 5.41) is 0. The van der Waals surface area contributed by atoms with Crippen LogP contribution in [-0.2, 0) is 26.8 Å². The molecule has 0 unspecified atom stereocenters. The standard InChI is InChI=1S/C15H17NO6S2.H2O/c1-16(2,13-6-4-3-5-7-13)11-12-8-9-14(23(17,18)19)15(10-12)24(20,21)22;/h3-10H,11H2,1-2H3,(H-,17,18,19,20,21,22);1H2. The number of benzene rings is 2. The van der Waals surface area contributed by atoms with E-state index in [1.165, 1.54) is 6.07 Å². The maximum Gasteiger partial charge on any atom is 0.295 e. The summed E-state index contributed by atoms with van der Waals surface area (Å²) in [5.74, 6) is 0. The fourth-order valence-corrected chi connectivity index (χ4v) is 4.25. The molecular formula is C15H19NO7S2. The van der Waals surface area contributed by atoms with Crippen LogP contribution in [0.3, 0.4) is 0 Å². The lowest BCUT2D eigenvalue weighted by atomic mass is 10.1. The molecule has 0 saturated heterocycles.